The largest absolute Gasteiger partial charge is 0.507 e. The highest BCUT2D eigenvalue weighted by Gasteiger charge is 2.49. The summed E-state index contributed by atoms with van der Waals surface area (Å²) < 4.78 is 11.8. The normalized spacial score (nSPS) is 17.1. The van der Waals surface area contributed by atoms with Gasteiger partial charge in [-0.1, -0.05) is 47.7 Å². The van der Waals surface area contributed by atoms with E-state index in [2.05, 4.69) is 0 Å². The van der Waals surface area contributed by atoms with E-state index in [1.165, 1.54) is 30.5 Å². The second-order valence-corrected chi connectivity index (χ2v) is 9.58. The van der Waals surface area contributed by atoms with Gasteiger partial charge < -0.3 is 14.6 Å². The molecule has 1 fully saturated rings. The smallest absolute Gasteiger partial charge is 0.301 e. The van der Waals surface area contributed by atoms with E-state index in [0.717, 1.165) is 21.3 Å². The zero-order valence-electron chi connectivity index (χ0n) is 20.2. The molecule has 2 heterocycles. The van der Waals surface area contributed by atoms with Gasteiger partial charge in [0, 0.05) is 11.1 Å². The van der Waals surface area contributed by atoms with Crippen LogP contribution in [0.5, 0.6) is 11.5 Å². The first kappa shape index (κ1) is 23.6. The van der Waals surface area contributed by atoms with Crippen LogP contribution in [0.1, 0.15) is 28.3 Å². The maximum Gasteiger partial charge on any atom is 0.301 e. The molecule has 3 aromatic carbocycles. The number of benzene rings is 3. The Hall–Kier alpha value is -4.17. The minimum absolute atomic E-state index is 0.0371. The average molecular weight is 501 g/mol. The molecule has 1 amide bonds. The highest BCUT2D eigenvalue weighted by molar-refractivity contribution is 7.22. The summed E-state index contributed by atoms with van der Waals surface area (Å²) >= 11 is 1.33. The van der Waals surface area contributed by atoms with E-state index in [-0.39, 0.29) is 11.3 Å². The molecule has 0 spiro atoms. The number of ether oxygens (including phenoxy) is 2. The van der Waals surface area contributed by atoms with Crippen molar-refractivity contribution in [1.29, 1.82) is 0 Å². The van der Waals surface area contributed by atoms with Crippen molar-refractivity contribution in [3.05, 3.63) is 88.5 Å². The van der Waals surface area contributed by atoms with Crippen LogP contribution < -0.4 is 14.4 Å². The number of aryl methyl sites for hydroxylation is 2. The van der Waals surface area contributed by atoms with Crippen molar-refractivity contribution in [1.82, 2.24) is 4.98 Å². The van der Waals surface area contributed by atoms with E-state index in [0.29, 0.717) is 27.8 Å². The SMILES string of the molecule is COc1cccc(C(O)=C2C(=O)C(=O)N(c3nc4c(C)cc(C)cc4s3)[C@@H]2c2ccccc2OC)c1. The Bertz CT molecular complexity index is 1550. The number of Topliss-reactive ketones (excluding diaryl/α,β-unsaturated/α-hetero) is 1. The number of ketones is 1. The third-order valence-electron chi connectivity index (χ3n) is 6.25. The van der Waals surface area contributed by atoms with Crippen molar-refractivity contribution < 1.29 is 24.2 Å². The number of carbonyl (C=O) groups excluding carboxylic acids is 2. The Morgan fingerprint density at radius 2 is 1.78 bits per heavy atom. The fourth-order valence-electron chi connectivity index (χ4n) is 4.60. The van der Waals surface area contributed by atoms with Crippen molar-refractivity contribution >= 4 is 44.1 Å². The number of aliphatic hydroxyl groups excluding tert-OH is 1. The van der Waals surface area contributed by atoms with Gasteiger partial charge in [-0.05, 0) is 49.2 Å². The number of methoxy groups -OCH3 is 2. The van der Waals surface area contributed by atoms with Gasteiger partial charge in [0.15, 0.2) is 5.13 Å². The highest BCUT2D eigenvalue weighted by atomic mass is 32.1. The minimum atomic E-state index is -0.936. The van der Waals surface area contributed by atoms with Crippen molar-refractivity contribution in [3.63, 3.8) is 0 Å². The van der Waals surface area contributed by atoms with Gasteiger partial charge in [-0.3, -0.25) is 14.5 Å². The van der Waals surface area contributed by atoms with Crippen LogP contribution in [0.3, 0.4) is 0 Å². The quantitative estimate of drug-likeness (QED) is 0.219. The number of anilines is 1. The molecule has 0 unspecified atom stereocenters. The number of hydrogen-bond donors (Lipinski definition) is 1. The lowest BCUT2D eigenvalue weighted by Gasteiger charge is -2.24. The first-order valence-corrected chi connectivity index (χ1v) is 12.1. The third-order valence-corrected chi connectivity index (χ3v) is 7.25. The highest BCUT2D eigenvalue weighted by Crippen LogP contribution is 2.46. The molecule has 8 heteroatoms. The third kappa shape index (κ3) is 3.79. The summed E-state index contributed by atoms with van der Waals surface area (Å²) in [7, 11) is 3.04. The molecular weight excluding hydrogens is 476 g/mol. The van der Waals surface area contributed by atoms with Gasteiger partial charge in [0.2, 0.25) is 0 Å². The van der Waals surface area contributed by atoms with Crippen LogP contribution in [0.15, 0.2) is 66.2 Å². The zero-order chi connectivity index (χ0) is 25.6. The lowest BCUT2D eigenvalue weighted by atomic mass is 9.94. The van der Waals surface area contributed by atoms with Gasteiger partial charge in [-0.15, -0.1) is 0 Å². The molecule has 1 aromatic heterocycles. The van der Waals surface area contributed by atoms with Crippen LogP contribution in [0.25, 0.3) is 16.0 Å². The molecule has 182 valence electrons. The second-order valence-electron chi connectivity index (χ2n) is 8.57. The minimum Gasteiger partial charge on any atom is -0.507 e. The molecule has 1 aliphatic rings. The van der Waals surface area contributed by atoms with Crippen molar-refractivity contribution in [3.8, 4) is 11.5 Å². The van der Waals surface area contributed by atoms with E-state index in [4.69, 9.17) is 14.5 Å². The summed E-state index contributed by atoms with van der Waals surface area (Å²) in [6.07, 6.45) is 0. The number of aromatic nitrogens is 1. The number of rotatable bonds is 5. The topological polar surface area (TPSA) is 89.0 Å². The Labute approximate surface area is 212 Å². The molecule has 0 bridgehead atoms. The molecule has 5 rings (SSSR count). The molecule has 7 nitrogen and oxygen atoms in total. The standard InChI is InChI=1S/C28H24N2O5S/c1-15-12-16(2)23-21(13-15)36-28(29-23)30-24(19-10-5-6-11-20(19)35-4)22(26(32)27(30)33)25(31)17-8-7-9-18(14-17)34-3/h5-14,24,31H,1-4H3/t24-/m1/s1. The number of nitrogens with zero attached hydrogens (tertiary/aromatic N) is 2. The van der Waals surface area contributed by atoms with E-state index >= 15 is 0 Å². The summed E-state index contributed by atoms with van der Waals surface area (Å²) in [5.41, 5.74) is 3.73. The molecule has 0 saturated carbocycles. The van der Waals surface area contributed by atoms with Crippen LogP contribution in [-0.2, 0) is 9.59 Å². The van der Waals surface area contributed by atoms with Gasteiger partial charge in [-0.2, -0.15) is 0 Å². The van der Waals surface area contributed by atoms with Crippen molar-refractivity contribution in [2.45, 2.75) is 19.9 Å². The van der Waals surface area contributed by atoms with Crippen molar-refractivity contribution in [2.75, 3.05) is 19.1 Å². The number of aliphatic hydroxyl groups is 1. The number of amides is 1. The van der Waals surface area contributed by atoms with E-state index in [9.17, 15) is 14.7 Å². The number of fused-ring (bicyclic) bond motifs is 1. The van der Waals surface area contributed by atoms with E-state index in [1.807, 2.05) is 26.0 Å². The number of hydrogen-bond acceptors (Lipinski definition) is 7. The molecule has 1 N–H and O–H groups in total. The van der Waals surface area contributed by atoms with E-state index in [1.54, 1.807) is 48.5 Å². The monoisotopic (exact) mass is 500 g/mol. The summed E-state index contributed by atoms with van der Waals surface area (Å²) in [6, 6.07) is 17.0. The van der Waals surface area contributed by atoms with Crippen LogP contribution in [0, 0.1) is 13.8 Å². The van der Waals surface area contributed by atoms with Crippen LogP contribution in [-0.4, -0.2) is 36.0 Å². The van der Waals surface area contributed by atoms with Crippen molar-refractivity contribution in [2.24, 2.45) is 0 Å². The van der Waals surface area contributed by atoms with Gasteiger partial charge in [0.05, 0.1) is 30.0 Å². The fraction of sp³-hybridized carbons (Fsp3) is 0.179. The molecule has 1 saturated heterocycles. The molecule has 4 aromatic rings. The Morgan fingerprint density at radius 1 is 1.00 bits per heavy atom. The second kappa shape index (κ2) is 9.13. The molecule has 36 heavy (non-hydrogen) atoms. The van der Waals surface area contributed by atoms with Gasteiger partial charge in [0.25, 0.3) is 5.78 Å². The van der Waals surface area contributed by atoms with Crippen LogP contribution >= 0.6 is 11.3 Å². The molecule has 0 aliphatic carbocycles. The molecule has 0 radical (unpaired) electrons. The lowest BCUT2D eigenvalue weighted by molar-refractivity contribution is -0.132. The maximum absolute atomic E-state index is 13.5. The Morgan fingerprint density at radius 3 is 2.53 bits per heavy atom. The predicted molar refractivity (Wildman–Crippen MR) is 140 cm³/mol. The number of thiazole rings is 1. The van der Waals surface area contributed by atoms with Gasteiger partial charge in [0.1, 0.15) is 23.3 Å². The van der Waals surface area contributed by atoms with Gasteiger partial charge in [-0.25, -0.2) is 4.98 Å². The van der Waals surface area contributed by atoms with Crippen LogP contribution in [0.2, 0.25) is 0 Å². The summed E-state index contributed by atoms with van der Waals surface area (Å²) in [4.78, 5) is 33.1. The summed E-state index contributed by atoms with van der Waals surface area (Å²) in [5.74, 6) is -0.848. The molecule has 1 aliphatic heterocycles. The average Bonchev–Trinajstić information content (AvgIpc) is 3.42. The molecule has 1 atom stereocenters. The first-order valence-electron chi connectivity index (χ1n) is 11.3. The summed E-state index contributed by atoms with van der Waals surface area (Å²) in [5, 5.41) is 11.8. The number of carbonyl (C=O) groups is 2. The molecular formula is C28H24N2O5S. The van der Waals surface area contributed by atoms with Crippen LogP contribution in [0.4, 0.5) is 5.13 Å². The lowest BCUT2D eigenvalue weighted by Crippen LogP contribution is -2.29. The Balaban J connectivity index is 1.77. The predicted octanol–water partition coefficient (Wildman–Crippen LogP) is 5.56. The zero-order valence-corrected chi connectivity index (χ0v) is 21.1. The van der Waals surface area contributed by atoms with Gasteiger partial charge >= 0.3 is 5.91 Å². The first-order chi connectivity index (χ1) is 17.3. The van der Waals surface area contributed by atoms with E-state index < -0.39 is 17.7 Å². The fourth-order valence-corrected chi connectivity index (χ4v) is 5.77. The Kier molecular flexibility index (Phi) is 5.97. The number of para-hydroxylation sites is 1. The maximum atomic E-state index is 13.5. The summed E-state index contributed by atoms with van der Waals surface area (Å²) in [6.45, 7) is 3.97.